The minimum absolute atomic E-state index is 0.217. The number of benzene rings is 1. The van der Waals surface area contributed by atoms with Gasteiger partial charge in [0.05, 0.1) is 24.7 Å². The molecule has 3 rings (SSSR count). The number of carbonyl (C=O) groups excluding carboxylic acids is 1. The quantitative estimate of drug-likeness (QED) is 0.461. The molecule has 3 aromatic rings. The monoisotopic (exact) mass is 410 g/mol. The van der Waals surface area contributed by atoms with Gasteiger partial charge in [-0.05, 0) is 36.1 Å². The highest BCUT2D eigenvalue weighted by atomic mass is 32.2. The first-order chi connectivity index (χ1) is 14.2. The minimum Gasteiger partial charge on any atom is -0.476 e. The summed E-state index contributed by atoms with van der Waals surface area (Å²) in [5, 5.41) is 6.06. The first kappa shape index (κ1) is 20.4. The highest BCUT2D eigenvalue weighted by Gasteiger charge is 2.09. The predicted molar refractivity (Wildman–Crippen MR) is 116 cm³/mol. The number of rotatable bonds is 9. The first-order valence-corrected chi connectivity index (χ1v) is 10.3. The van der Waals surface area contributed by atoms with Gasteiger partial charge in [-0.25, -0.2) is 15.0 Å². The fourth-order valence-electron chi connectivity index (χ4n) is 2.46. The number of aromatic nitrogens is 3. The number of anilines is 3. The lowest BCUT2D eigenvalue weighted by atomic mass is 10.2. The third-order valence-corrected chi connectivity index (χ3v) is 4.48. The highest BCUT2D eigenvalue weighted by Crippen LogP contribution is 2.17. The molecule has 4 N–H and O–H groups in total. The van der Waals surface area contributed by atoms with Gasteiger partial charge in [-0.2, -0.15) is 11.8 Å². The summed E-state index contributed by atoms with van der Waals surface area (Å²) in [6.07, 6.45) is 6.50. The van der Waals surface area contributed by atoms with Crippen molar-refractivity contribution >= 4 is 34.9 Å². The molecule has 0 aliphatic heterocycles. The molecule has 0 atom stereocenters. The average molecular weight is 411 g/mol. The van der Waals surface area contributed by atoms with Crippen molar-refractivity contribution in [3.63, 3.8) is 0 Å². The number of nitrogens with two attached hydrogens (primary N) is 1. The Morgan fingerprint density at radius 3 is 2.83 bits per heavy atom. The Hall–Kier alpha value is -3.33. The van der Waals surface area contributed by atoms with E-state index in [9.17, 15) is 4.79 Å². The number of amides is 1. The Bertz CT molecular complexity index is 952. The molecular formula is C20H22N6O2S. The molecule has 2 heterocycles. The van der Waals surface area contributed by atoms with Gasteiger partial charge >= 0.3 is 0 Å². The Morgan fingerprint density at radius 2 is 2.07 bits per heavy atom. The zero-order valence-corrected chi connectivity index (χ0v) is 16.8. The molecule has 0 radical (unpaired) electrons. The van der Waals surface area contributed by atoms with Crippen LogP contribution in [0.3, 0.4) is 0 Å². The van der Waals surface area contributed by atoms with Gasteiger partial charge in [0.15, 0.2) is 0 Å². The van der Waals surface area contributed by atoms with E-state index in [0.29, 0.717) is 30.5 Å². The van der Waals surface area contributed by atoms with Gasteiger partial charge in [0.1, 0.15) is 11.5 Å². The van der Waals surface area contributed by atoms with Gasteiger partial charge in [0, 0.05) is 24.2 Å². The maximum absolute atomic E-state index is 12.4. The zero-order valence-electron chi connectivity index (χ0n) is 16.0. The van der Waals surface area contributed by atoms with Crippen LogP contribution >= 0.6 is 11.8 Å². The maximum atomic E-state index is 12.4. The van der Waals surface area contributed by atoms with Crippen molar-refractivity contribution in [2.75, 3.05) is 35.0 Å². The van der Waals surface area contributed by atoms with E-state index < -0.39 is 0 Å². The second-order valence-corrected chi connectivity index (χ2v) is 7.01. The summed E-state index contributed by atoms with van der Waals surface area (Å²) < 4.78 is 5.44. The summed E-state index contributed by atoms with van der Waals surface area (Å²) >= 11 is 1.68. The number of thioether (sulfide) groups is 1. The molecule has 0 saturated carbocycles. The number of nitrogens with zero attached hydrogens (tertiary/aromatic N) is 3. The molecule has 29 heavy (non-hydrogen) atoms. The van der Waals surface area contributed by atoms with E-state index in [1.54, 1.807) is 18.0 Å². The van der Waals surface area contributed by atoms with Crippen LogP contribution in [0.2, 0.25) is 0 Å². The van der Waals surface area contributed by atoms with Crippen molar-refractivity contribution in [1.82, 2.24) is 15.0 Å². The lowest BCUT2D eigenvalue weighted by Gasteiger charge is -2.10. The molecule has 2 aromatic heterocycles. The SMILES string of the molecule is CSCCOc1cnc(C(=O)Nc2cccc(CNc3cccnc3N)c2)cn1. The fraction of sp³-hybridized carbons (Fsp3) is 0.200. The van der Waals surface area contributed by atoms with Gasteiger partial charge in [0.2, 0.25) is 5.88 Å². The van der Waals surface area contributed by atoms with E-state index in [4.69, 9.17) is 10.5 Å². The minimum atomic E-state index is -0.338. The number of pyridine rings is 1. The lowest BCUT2D eigenvalue weighted by molar-refractivity contribution is 0.102. The normalized spacial score (nSPS) is 10.4. The van der Waals surface area contributed by atoms with E-state index in [0.717, 1.165) is 17.0 Å². The summed E-state index contributed by atoms with van der Waals surface area (Å²) in [5.74, 6) is 1.37. The molecule has 0 bridgehead atoms. The summed E-state index contributed by atoms with van der Waals surface area (Å²) in [4.78, 5) is 24.7. The summed E-state index contributed by atoms with van der Waals surface area (Å²) in [6, 6.07) is 11.2. The number of hydrogen-bond donors (Lipinski definition) is 3. The number of hydrogen-bond acceptors (Lipinski definition) is 8. The van der Waals surface area contributed by atoms with Crippen molar-refractivity contribution in [2.45, 2.75) is 6.54 Å². The smallest absolute Gasteiger partial charge is 0.275 e. The molecule has 1 aromatic carbocycles. The maximum Gasteiger partial charge on any atom is 0.275 e. The van der Waals surface area contributed by atoms with Crippen LogP contribution in [0.5, 0.6) is 5.88 Å². The zero-order chi connectivity index (χ0) is 20.5. The third kappa shape index (κ3) is 6.08. The second kappa shape index (κ2) is 10.3. The molecule has 0 aliphatic rings. The Kier molecular flexibility index (Phi) is 7.23. The molecular weight excluding hydrogens is 388 g/mol. The topological polar surface area (TPSA) is 115 Å². The second-order valence-electron chi connectivity index (χ2n) is 6.03. The Balaban J connectivity index is 1.58. The van der Waals surface area contributed by atoms with E-state index in [1.807, 2.05) is 42.7 Å². The summed E-state index contributed by atoms with van der Waals surface area (Å²) in [5.41, 5.74) is 8.46. The highest BCUT2D eigenvalue weighted by molar-refractivity contribution is 7.98. The molecule has 0 aliphatic carbocycles. The Morgan fingerprint density at radius 1 is 1.17 bits per heavy atom. The van der Waals surface area contributed by atoms with Crippen LogP contribution in [0.1, 0.15) is 16.1 Å². The number of nitrogens with one attached hydrogen (secondary N) is 2. The number of nitrogen functional groups attached to an aromatic ring is 1. The molecule has 9 heteroatoms. The van der Waals surface area contributed by atoms with Crippen LogP contribution in [0.4, 0.5) is 17.2 Å². The van der Waals surface area contributed by atoms with Crippen molar-refractivity contribution in [3.8, 4) is 5.88 Å². The Labute approximate surface area is 173 Å². The van der Waals surface area contributed by atoms with Crippen LogP contribution in [-0.4, -0.2) is 39.5 Å². The van der Waals surface area contributed by atoms with Gasteiger partial charge in [-0.15, -0.1) is 0 Å². The fourth-order valence-corrected chi connectivity index (χ4v) is 2.71. The van der Waals surface area contributed by atoms with E-state index >= 15 is 0 Å². The molecule has 1 amide bonds. The largest absolute Gasteiger partial charge is 0.476 e. The van der Waals surface area contributed by atoms with Gasteiger partial charge in [-0.3, -0.25) is 4.79 Å². The molecule has 8 nitrogen and oxygen atoms in total. The predicted octanol–water partition coefficient (Wildman–Crippen LogP) is 3.06. The molecule has 0 fully saturated rings. The van der Waals surface area contributed by atoms with E-state index in [-0.39, 0.29) is 11.6 Å². The third-order valence-electron chi connectivity index (χ3n) is 3.90. The van der Waals surface area contributed by atoms with Crippen molar-refractivity contribution in [1.29, 1.82) is 0 Å². The van der Waals surface area contributed by atoms with Gasteiger partial charge < -0.3 is 21.1 Å². The van der Waals surface area contributed by atoms with Gasteiger partial charge in [0.25, 0.3) is 5.91 Å². The van der Waals surface area contributed by atoms with Crippen molar-refractivity contribution in [3.05, 3.63) is 66.2 Å². The van der Waals surface area contributed by atoms with Crippen LogP contribution in [0, 0.1) is 0 Å². The van der Waals surface area contributed by atoms with E-state index in [2.05, 4.69) is 25.6 Å². The van der Waals surface area contributed by atoms with Crippen LogP contribution in [-0.2, 0) is 6.54 Å². The average Bonchev–Trinajstić information content (AvgIpc) is 2.74. The van der Waals surface area contributed by atoms with Crippen molar-refractivity contribution < 1.29 is 9.53 Å². The number of ether oxygens (including phenoxy) is 1. The number of carbonyl (C=O) groups is 1. The lowest BCUT2D eigenvalue weighted by Crippen LogP contribution is -2.14. The molecule has 0 spiro atoms. The first-order valence-electron chi connectivity index (χ1n) is 8.94. The van der Waals surface area contributed by atoms with Crippen LogP contribution < -0.4 is 21.1 Å². The molecule has 0 saturated heterocycles. The summed E-state index contributed by atoms with van der Waals surface area (Å²) in [6.45, 7) is 1.09. The molecule has 0 unspecified atom stereocenters. The van der Waals surface area contributed by atoms with E-state index in [1.165, 1.54) is 12.4 Å². The van der Waals surface area contributed by atoms with Crippen molar-refractivity contribution in [2.24, 2.45) is 0 Å². The molecule has 150 valence electrons. The van der Waals surface area contributed by atoms with Gasteiger partial charge in [-0.1, -0.05) is 12.1 Å². The summed E-state index contributed by atoms with van der Waals surface area (Å²) in [7, 11) is 0. The standard InChI is InChI=1S/C20H22N6O2S/c1-29-9-8-28-18-13-24-17(12-25-18)20(27)26-15-5-2-4-14(10-15)11-23-16-6-3-7-22-19(16)21/h2-7,10,12-13,23H,8-9,11H2,1H3,(H2,21,22)(H,26,27). The van der Waals surface area contributed by atoms with Crippen LogP contribution in [0.25, 0.3) is 0 Å². The van der Waals surface area contributed by atoms with Crippen LogP contribution in [0.15, 0.2) is 55.0 Å².